The van der Waals surface area contributed by atoms with Crippen LogP contribution in [0.25, 0.3) is 0 Å². The van der Waals surface area contributed by atoms with Crippen molar-refractivity contribution >= 4 is 5.91 Å². The maximum atomic E-state index is 11.7. The Labute approximate surface area is 101 Å². The van der Waals surface area contributed by atoms with Crippen LogP contribution in [0.15, 0.2) is 4.52 Å². The zero-order chi connectivity index (χ0) is 12.7. The first-order chi connectivity index (χ1) is 8.20. The Morgan fingerprint density at radius 1 is 1.47 bits per heavy atom. The third-order valence-corrected chi connectivity index (χ3v) is 2.35. The molecule has 0 atom stereocenters. The summed E-state index contributed by atoms with van der Waals surface area (Å²) in [6.07, 6.45) is 0.883. The Hall–Kier alpha value is -1.56. The molecule has 6 heteroatoms. The standard InChI is InChI=1S/C11H19N3O3/c1-4-12-6-5-7-13-10(15)9-8(2)11(16-3)17-14-9/h12H,4-7H2,1-3H3,(H,13,15). The van der Waals surface area contributed by atoms with Crippen molar-refractivity contribution in [3.05, 3.63) is 11.3 Å². The normalized spacial score (nSPS) is 10.3. The predicted octanol–water partition coefficient (Wildman–Crippen LogP) is 0.721. The van der Waals surface area contributed by atoms with Gasteiger partial charge in [-0.2, -0.15) is 0 Å². The molecule has 0 saturated heterocycles. The summed E-state index contributed by atoms with van der Waals surface area (Å²) in [7, 11) is 1.48. The summed E-state index contributed by atoms with van der Waals surface area (Å²) in [6.45, 7) is 6.22. The highest BCUT2D eigenvalue weighted by Crippen LogP contribution is 2.19. The number of hydrogen-bond donors (Lipinski definition) is 2. The fourth-order valence-electron chi connectivity index (χ4n) is 1.40. The lowest BCUT2D eigenvalue weighted by Crippen LogP contribution is -2.28. The molecule has 1 aromatic rings. The molecular weight excluding hydrogens is 222 g/mol. The Morgan fingerprint density at radius 3 is 2.82 bits per heavy atom. The summed E-state index contributed by atoms with van der Waals surface area (Å²) in [6, 6.07) is 0. The summed E-state index contributed by atoms with van der Waals surface area (Å²) < 4.78 is 9.78. The maximum absolute atomic E-state index is 11.7. The lowest BCUT2D eigenvalue weighted by atomic mass is 10.2. The molecule has 0 spiro atoms. The molecule has 0 aromatic carbocycles. The van der Waals surface area contributed by atoms with Crippen LogP contribution in [0.4, 0.5) is 0 Å². The highest BCUT2D eigenvalue weighted by Gasteiger charge is 2.18. The molecule has 1 aromatic heterocycles. The zero-order valence-corrected chi connectivity index (χ0v) is 10.5. The van der Waals surface area contributed by atoms with E-state index in [4.69, 9.17) is 9.26 Å². The molecule has 6 nitrogen and oxygen atoms in total. The van der Waals surface area contributed by atoms with Crippen molar-refractivity contribution in [2.24, 2.45) is 0 Å². The predicted molar refractivity (Wildman–Crippen MR) is 63.3 cm³/mol. The Morgan fingerprint density at radius 2 is 2.24 bits per heavy atom. The van der Waals surface area contributed by atoms with Crippen LogP contribution in [-0.2, 0) is 0 Å². The van der Waals surface area contributed by atoms with E-state index >= 15 is 0 Å². The Kier molecular flexibility index (Phi) is 5.48. The third kappa shape index (κ3) is 3.74. The maximum Gasteiger partial charge on any atom is 0.314 e. The molecule has 17 heavy (non-hydrogen) atoms. The molecule has 96 valence electrons. The van der Waals surface area contributed by atoms with Crippen LogP contribution >= 0.6 is 0 Å². The Bertz CT molecular complexity index is 363. The van der Waals surface area contributed by atoms with Gasteiger partial charge in [0.15, 0.2) is 5.69 Å². The van der Waals surface area contributed by atoms with Gasteiger partial charge in [0.05, 0.1) is 12.7 Å². The molecule has 1 heterocycles. The number of hydrogen-bond acceptors (Lipinski definition) is 5. The second kappa shape index (κ2) is 6.90. The minimum atomic E-state index is -0.231. The highest BCUT2D eigenvalue weighted by atomic mass is 16.6. The molecule has 2 N–H and O–H groups in total. The second-order valence-electron chi connectivity index (χ2n) is 3.61. The van der Waals surface area contributed by atoms with Gasteiger partial charge in [-0.3, -0.25) is 4.79 Å². The van der Waals surface area contributed by atoms with Crippen LogP contribution in [0.3, 0.4) is 0 Å². The summed E-state index contributed by atoms with van der Waals surface area (Å²) in [5.74, 6) is 0.0499. The molecule has 0 bridgehead atoms. The van der Waals surface area contributed by atoms with Crippen LogP contribution in [0.5, 0.6) is 5.95 Å². The van der Waals surface area contributed by atoms with Crippen LogP contribution in [0.1, 0.15) is 29.4 Å². The van der Waals surface area contributed by atoms with Crippen LogP contribution in [-0.4, -0.2) is 37.8 Å². The molecule has 0 unspecified atom stereocenters. The summed E-state index contributed by atoms with van der Waals surface area (Å²) in [5, 5.41) is 9.63. The molecule has 0 saturated carbocycles. The fraction of sp³-hybridized carbons (Fsp3) is 0.636. The van der Waals surface area contributed by atoms with Crippen molar-refractivity contribution in [3.8, 4) is 5.95 Å². The summed E-state index contributed by atoms with van der Waals surface area (Å²) >= 11 is 0. The third-order valence-electron chi connectivity index (χ3n) is 2.35. The van der Waals surface area contributed by atoms with E-state index in [9.17, 15) is 4.79 Å². The minimum absolute atomic E-state index is 0.231. The largest absolute Gasteiger partial charge is 0.467 e. The molecule has 0 aliphatic heterocycles. The molecular formula is C11H19N3O3. The molecule has 0 radical (unpaired) electrons. The van der Waals surface area contributed by atoms with E-state index in [-0.39, 0.29) is 17.5 Å². The molecule has 0 aliphatic carbocycles. The number of ether oxygens (including phenoxy) is 1. The van der Waals surface area contributed by atoms with Gasteiger partial charge in [0.25, 0.3) is 5.91 Å². The molecule has 0 fully saturated rings. The smallest absolute Gasteiger partial charge is 0.314 e. The van der Waals surface area contributed by atoms with Gasteiger partial charge in [0, 0.05) is 6.54 Å². The molecule has 0 aliphatic rings. The lowest BCUT2D eigenvalue weighted by Gasteiger charge is -2.03. The first-order valence-corrected chi connectivity index (χ1v) is 5.69. The monoisotopic (exact) mass is 241 g/mol. The van der Waals surface area contributed by atoms with Gasteiger partial charge in [0.1, 0.15) is 0 Å². The van der Waals surface area contributed by atoms with E-state index in [0.717, 1.165) is 19.5 Å². The van der Waals surface area contributed by atoms with Crippen molar-refractivity contribution in [2.75, 3.05) is 26.7 Å². The Balaban J connectivity index is 2.39. The van der Waals surface area contributed by atoms with E-state index in [0.29, 0.717) is 12.1 Å². The number of amides is 1. The molecule has 1 amide bonds. The topological polar surface area (TPSA) is 76.4 Å². The zero-order valence-electron chi connectivity index (χ0n) is 10.5. The number of nitrogens with one attached hydrogen (secondary N) is 2. The van der Waals surface area contributed by atoms with Crippen molar-refractivity contribution in [1.29, 1.82) is 0 Å². The van der Waals surface area contributed by atoms with Crippen molar-refractivity contribution in [3.63, 3.8) is 0 Å². The SMILES string of the molecule is CCNCCCNC(=O)c1noc(OC)c1C. The van der Waals surface area contributed by atoms with Gasteiger partial charge < -0.3 is 19.9 Å². The summed E-state index contributed by atoms with van der Waals surface area (Å²) in [5.41, 5.74) is 0.905. The number of methoxy groups -OCH3 is 1. The average Bonchev–Trinajstić information content (AvgIpc) is 2.70. The van der Waals surface area contributed by atoms with Crippen molar-refractivity contribution < 1.29 is 14.1 Å². The fourth-order valence-corrected chi connectivity index (χ4v) is 1.40. The van der Waals surface area contributed by atoms with Gasteiger partial charge in [-0.1, -0.05) is 12.1 Å². The number of carbonyl (C=O) groups excluding carboxylic acids is 1. The number of aromatic nitrogens is 1. The number of carbonyl (C=O) groups is 1. The van der Waals surface area contributed by atoms with E-state index in [1.54, 1.807) is 6.92 Å². The molecule has 1 rings (SSSR count). The first-order valence-electron chi connectivity index (χ1n) is 5.69. The van der Waals surface area contributed by atoms with Gasteiger partial charge in [-0.15, -0.1) is 0 Å². The van der Waals surface area contributed by atoms with E-state index in [1.165, 1.54) is 7.11 Å². The van der Waals surface area contributed by atoms with Crippen LogP contribution in [0, 0.1) is 6.92 Å². The van der Waals surface area contributed by atoms with Gasteiger partial charge in [0.2, 0.25) is 0 Å². The highest BCUT2D eigenvalue weighted by molar-refractivity contribution is 5.93. The first kappa shape index (κ1) is 13.5. The van der Waals surface area contributed by atoms with Crippen LogP contribution in [0.2, 0.25) is 0 Å². The summed E-state index contributed by atoms with van der Waals surface area (Å²) in [4.78, 5) is 11.7. The second-order valence-corrected chi connectivity index (χ2v) is 3.61. The van der Waals surface area contributed by atoms with Gasteiger partial charge in [-0.05, 0) is 26.4 Å². The van der Waals surface area contributed by atoms with E-state index in [2.05, 4.69) is 15.8 Å². The van der Waals surface area contributed by atoms with E-state index < -0.39 is 0 Å². The number of rotatable bonds is 7. The van der Waals surface area contributed by atoms with Gasteiger partial charge >= 0.3 is 5.95 Å². The number of nitrogens with zero attached hydrogens (tertiary/aromatic N) is 1. The van der Waals surface area contributed by atoms with Gasteiger partial charge in [-0.25, -0.2) is 0 Å². The van der Waals surface area contributed by atoms with Crippen LogP contribution < -0.4 is 15.4 Å². The van der Waals surface area contributed by atoms with E-state index in [1.807, 2.05) is 6.92 Å². The lowest BCUT2D eigenvalue weighted by molar-refractivity contribution is 0.0943. The quantitative estimate of drug-likeness (QED) is 0.688. The van der Waals surface area contributed by atoms with Crippen molar-refractivity contribution in [2.45, 2.75) is 20.3 Å². The van der Waals surface area contributed by atoms with Crippen molar-refractivity contribution in [1.82, 2.24) is 15.8 Å². The average molecular weight is 241 g/mol. The minimum Gasteiger partial charge on any atom is -0.467 e.